The molecular weight excluding hydrogens is 390 g/mol. The molecule has 3 rings (SSSR count). The lowest BCUT2D eigenvalue weighted by atomic mass is 10.2. The molecule has 0 bridgehead atoms. The van der Waals surface area contributed by atoms with Gasteiger partial charge >= 0.3 is 0 Å². The van der Waals surface area contributed by atoms with Crippen molar-refractivity contribution in [3.63, 3.8) is 0 Å². The Labute approximate surface area is 161 Å². The van der Waals surface area contributed by atoms with Gasteiger partial charge in [0.05, 0.1) is 4.90 Å². The molecule has 2 aromatic carbocycles. The van der Waals surface area contributed by atoms with E-state index < -0.39 is 15.9 Å². The largest absolute Gasteiger partial charge is 0.361 e. The van der Waals surface area contributed by atoms with Gasteiger partial charge in [-0.25, -0.2) is 8.42 Å². The van der Waals surface area contributed by atoms with Gasteiger partial charge in [-0.3, -0.25) is 9.52 Å². The maximum absolute atomic E-state index is 12.7. The minimum atomic E-state index is -3.85. The summed E-state index contributed by atoms with van der Waals surface area (Å²) in [5.74, 6) is 0.00389. The number of hydrogen-bond acceptors (Lipinski definition) is 5. The third kappa shape index (κ3) is 4.47. The Balaban J connectivity index is 1.85. The third-order valence-electron chi connectivity index (χ3n) is 3.69. The van der Waals surface area contributed by atoms with Crippen molar-refractivity contribution in [3.05, 3.63) is 70.6 Å². The Kier molecular flexibility index (Phi) is 5.20. The van der Waals surface area contributed by atoms with Crippen LogP contribution in [0.5, 0.6) is 0 Å². The molecule has 0 aliphatic carbocycles. The summed E-state index contributed by atoms with van der Waals surface area (Å²) in [6, 6.07) is 12.4. The summed E-state index contributed by atoms with van der Waals surface area (Å²) in [5, 5.41) is 6.75. The van der Waals surface area contributed by atoms with Gasteiger partial charge in [0.1, 0.15) is 5.76 Å². The SMILES string of the molecule is Cc1cc(C(=O)Nc2ccc(C)c(S(=O)(=O)Nc3ccc(Cl)cc3)c2)no1. The zero-order valence-corrected chi connectivity index (χ0v) is 16.1. The van der Waals surface area contributed by atoms with Gasteiger partial charge in [0.15, 0.2) is 5.69 Å². The van der Waals surface area contributed by atoms with Gasteiger partial charge in [-0.1, -0.05) is 22.8 Å². The van der Waals surface area contributed by atoms with Gasteiger partial charge in [0.2, 0.25) is 0 Å². The minimum Gasteiger partial charge on any atom is -0.361 e. The Bertz CT molecular complexity index is 1090. The standard InChI is InChI=1S/C18H16ClN3O4S/c1-11-3-6-15(20-18(23)16-9-12(2)26-21-16)10-17(11)27(24,25)22-14-7-4-13(19)5-8-14/h3-10,22H,1-2H3,(H,20,23). The summed E-state index contributed by atoms with van der Waals surface area (Å²) in [6.07, 6.45) is 0. The Morgan fingerprint density at radius 3 is 2.33 bits per heavy atom. The van der Waals surface area contributed by atoms with Crippen LogP contribution in [0.4, 0.5) is 11.4 Å². The first-order valence-corrected chi connectivity index (χ1v) is 9.74. The zero-order chi connectivity index (χ0) is 19.6. The number of nitrogens with zero attached hydrogens (tertiary/aromatic N) is 1. The lowest BCUT2D eigenvalue weighted by molar-refractivity contribution is 0.101. The smallest absolute Gasteiger partial charge is 0.277 e. The normalized spacial score (nSPS) is 11.2. The van der Waals surface area contributed by atoms with Crippen LogP contribution >= 0.6 is 11.6 Å². The topological polar surface area (TPSA) is 101 Å². The van der Waals surface area contributed by atoms with E-state index in [1.54, 1.807) is 50.2 Å². The summed E-state index contributed by atoms with van der Waals surface area (Å²) < 4.78 is 32.8. The average molecular weight is 406 g/mol. The average Bonchev–Trinajstić information content (AvgIpc) is 3.05. The van der Waals surface area contributed by atoms with Crippen LogP contribution in [0.3, 0.4) is 0 Å². The zero-order valence-electron chi connectivity index (χ0n) is 14.5. The van der Waals surface area contributed by atoms with Crippen LogP contribution in [0.2, 0.25) is 5.02 Å². The van der Waals surface area contributed by atoms with Crippen LogP contribution in [0.15, 0.2) is 57.9 Å². The van der Waals surface area contributed by atoms with Gasteiger partial charge < -0.3 is 9.84 Å². The number of benzene rings is 2. The number of carbonyl (C=O) groups excluding carboxylic acids is 1. The third-order valence-corrected chi connectivity index (χ3v) is 5.47. The maximum Gasteiger partial charge on any atom is 0.277 e. The Morgan fingerprint density at radius 1 is 1.04 bits per heavy atom. The van der Waals surface area contributed by atoms with Crippen LogP contribution in [0.25, 0.3) is 0 Å². The van der Waals surface area contributed by atoms with Crippen LogP contribution < -0.4 is 10.0 Å². The number of aromatic nitrogens is 1. The highest BCUT2D eigenvalue weighted by Gasteiger charge is 2.19. The Morgan fingerprint density at radius 2 is 1.70 bits per heavy atom. The number of rotatable bonds is 5. The van der Waals surface area contributed by atoms with E-state index in [1.807, 2.05) is 0 Å². The second kappa shape index (κ2) is 7.42. The van der Waals surface area contributed by atoms with Gasteiger partial charge in [-0.05, 0) is 55.8 Å². The molecule has 0 radical (unpaired) electrons. The second-order valence-corrected chi connectivity index (χ2v) is 7.96. The number of sulfonamides is 1. The van der Waals surface area contributed by atoms with Gasteiger partial charge in [-0.2, -0.15) is 0 Å². The number of hydrogen-bond donors (Lipinski definition) is 2. The second-order valence-electron chi connectivity index (χ2n) is 5.87. The Hall–Kier alpha value is -2.84. The van der Waals surface area contributed by atoms with E-state index in [0.29, 0.717) is 27.7 Å². The molecule has 0 aliphatic rings. The highest BCUT2D eigenvalue weighted by Crippen LogP contribution is 2.24. The van der Waals surface area contributed by atoms with Gasteiger partial charge in [0.25, 0.3) is 15.9 Å². The number of carbonyl (C=O) groups is 1. The first kappa shape index (κ1) is 18.9. The van der Waals surface area contributed by atoms with E-state index in [9.17, 15) is 13.2 Å². The van der Waals surface area contributed by atoms with E-state index in [0.717, 1.165) is 0 Å². The summed E-state index contributed by atoms with van der Waals surface area (Å²) in [4.78, 5) is 12.2. The highest BCUT2D eigenvalue weighted by atomic mass is 35.5. The maximum atomic E-state index is 12.7. The fourth-order valence-electron chi connectivity index (χ4n) is 2.36. The van der Waals surface area contributed by atoms with Crippen molar-refractivity contribution in [2.45, 2.75) is 18.7 Å². The molecule has 0 spiro atoms. The molecule has 2 N–H and O–H groups in total. The molecule has 1 aromatic heterocycles. The van der Waals surface area contributed by atoms with Gasteiger partial charge in [-0.15, -0.1) is 0 Å². The molecule has 1 amide bonds. The summed E-state index contributed by atoms with van der Waals surface area (Å²) in [5.41, 5.74) is 1.34. The molecule has 140 valence electrons. The molecule has 7 nitrogen and oxygen atoms in total. The molecule has 0 atom stereocenters. The minimum absolute atomic E-state index is 0.0478. The van der Waals surface area contributed by atoms with Crippen molar-refractivity contribution in [1.82, 2.24) is 5.16 Å². The van der Waals surface area contributed by atoms with E-state index in [-0.39, 0.29) is 10.6 Å². The van der Waals surface area contributed by atoms with Crippen molar-refractivity contribution in [2.24, 2.45) is 0 Å². The molecule has 27 heavy (non-hydrogen) atoms. The highest BCUT2D eigenvalue weighted by molar-refractivity contribution is 7.92. The molecule has 0 unspecified atom stereocenters. The molecule has 0 saturated carbocycles. The number of anilines is 2. The van der Waals surface area contributed by atoms with Crippen LogP contribution in [0, 0.1) is 13.8 Å². The molecular formula is C18H16ClN3O4S. The first-order valence-electron chi connectivity index (χ1n) is 7.88. The lowest BCUT2D eigenvalue weighted by Gasteiger charge is -2.12. The molecule has 0 fully saturated rings. The lowest BCUT2D eigenvalue weighted by Crippen LogP contribution is -2.16. The molecule has 9 heteroatoms. The van der Waals surface area contributed by atoms with E-state index in [4.69, 9.17) is 16.1 Å². The summed E-state index contributed by atoms with van der Waals surface area (Å²) in [7, 11) is -3.85. The van der Waals surface area contributed by atoms with Crippen LogP contribution in [-0.2, 0) is 10.0 Å². The van der Waals surface area contributed by atoms with Crippen LogP contribution in [0.1, 0.15) is 21.8 Å². The van der Waals surface area contributed by atoms with Gasteiger partial charge in [0, 0.05) is 22.5 Å². The van der Waals surface area contributed by atoms with E-state index in [2.05, 4.69) is 15.2 Å². The van der Waals surface area contributed by atoms with Crippen molar-refractivity contribution < 1.29 is 17.7 Å². The van der Waals surface area contributed by atoms with E-state index >= 15 is 0 Å². The molecule has 0 saturated heterocycles. The number of aryl methyl sites for hydroxylation is 2. The summed E-state index contributed by atoms with van der Waals surface area (Å²) in [6.45, 7) is 3.34. The monoisotopic (exact) mass is 405 g/mol. The van der Waals surface area contributed by atoms with Crippen LogP contribution in [-0.4, -0.2) is 19.5 Å². The van der Waals surface area contributed by atoms with Crippen molar-refractivity contribution >= 4 is 38.9 Å². The molecule has 1 heterocycles. The fourth-order valence-corrected chi connectivity index (χ4v) is 3.82. The van der Waals surface area contributed by atoms with Crippen molar-refractivity contribution in [2.75, 3.05) is 10.0 Å². The summed E-state index contributed by atoms with van der Waals surface area (Å²) >= 11 is 5.82. The predicted octanol–water partition coefficient (Wildman–Crippen LogP) is 4.00. The first-order chi connectivity index (χ1) is 12.7. The fraction of sp³-hybridized carbons (Fsp3) is 0.111. The number of halogens is 1. The molecule has 0 aliphatic heterocycles. The predicted molar refractivity (Wildman–Crippen MR) is 103 cm³/mol. The molecule has 3 aromatic rings. The van der Waals surface area contributed by atoms with Crippen molar-refractivity contribution in [3.8, 4) is 0 Å². The number of nitrogens with one attached hydrogen (secondary N) is 2. The number of amides is 1. The van der Waals surface area contributed by atoms with E-state index in [1.165, 1.54) is 12.1 Å². The van der Waals surface area contributed by atoms with Crippen molar-refractivity contribution in [1.29, 1.82) is 0 Å². The quantitative estimate of drug-likeness (QED) is 0.668.